The Morgan fingerprint density at radius 1 is 1.56 bits per heavy atom. The van der Waals surface area contributed by atoms with Crippen LogP contribution in [0.4, 0.5) is 5.82 Å². The van der Waals surface area contributed by atoms with E-state index in [1.807, 2.05) is 0 Å². The summed E-state index contributed by atoms with van der Waals surface area (Å²) in [4.78, 5) is 19.1. The van der Waals surface area contributed by atoms with Gasteiger partial charge in [-0.25, -0.2) is 14.8 Å². The van der Waals surface area contributed by atoms with Crippen molar-refractivity contribution in [3.8, 4) is 0 Å². The first-order valence-corrected chi connectivity index (χ1v) is 5.04. The molecule has 0 saturated carbocycles. The first-order valence-electron chi connectivity index (χ1n) is 5.04. The minimum atomic E-state index is -0.483. The zero-order valence-corrected chi connectivity index (χ0v) is 8.97. The van der Waals surface area contributed by atoms with Crippen molar-refractivity contribution in [2.45, 2.75) is 12.5 Å². The smallest absolute Gasteiger partial charge is 0.358 e. The van der Waals surface area contributed by atoms with Crippen molar-refractivity contribution in [2.75, 3.05) is 25.6 Å². The zero-order chi connectivity index (χ0) is 11.4. The van der Waals surface area contributed by atoms with Crippen LogP contribution < -0.4 is 5.32 Å². The number of aromatic nitrogens is 2. The number of ether oxygens (including phenoxy) is 2. The molecule has 1 atom stereocenters. The summed E-state index contributed by atoms with van der Waals surface area (Å²) in [6.45, 7) is 1.45. The van der Waals surface area contributed by atoms with Gasteiger partial charge in [-0.15, -0.1) is 0 Å². The van der Waals surface area contributed by atoms with E-state index in [9.17, 15) is 4.79 Å². The Hall–Kier alpha value is -1.69. The molecule has 1 aromatic heterocycles. The molecule has 1 saturated heterocycles. The molecule has 6 nitrogen and oxygen atoms in total. The van der Waals surface area contributed by atoms with Crippen molar-refractivity contribution in [3.63, 3.8) is 0 Å². The van der Waals surface area contributed by atoms with Crippen molar-refractivity contribution >= 4 is 11.8 Å². The highest BCUT2D eigenvalue weighted by Crippen LogP contribution is 2.10. The molecule has 2 rings (SSSR count). The van der Waals surface area contributed by atoms with Crippen LogP contribution in [0.25, 0.3) is 0 Å². The van der Waals surface area contributed by atoms with Gasteiger partial charge in [-0.1, -0.05) is 0 Å². The summed E-state index contributed by atoms with van der Waals surface area (Å²) in [5.74, 6) is 0.159. The highest BCUT2D eigenvalue weighted by atomic mass is 16.5. The van der Waals surface area contributed by atoms with Gasteiger partial charge in [0.05, 0.1) is 32.2 Å². The van der Waals surface area contributed by atoms with Crippen LogP contribution in [0.2, 0.25) is 0 Å². The lowest BCUT2D eigenvalue weighted by molar-refractivity contribution is 0.0593. The standard InChI is InChI=1S/C10H13N3O3/c1-15-10(14)8-4-12-9(5-11-8)13-7-2-3-16-6-7/h4-5,7H,2-3,6H2,1H3,(H,12,13). The lowest BCUT2D eigenvalue weighted by Crippen LogP contribution is -2.20. The highest BCUT2D eigenvalue weighted by molar-refractivity contribution is 5.86. The lowest BCUT2D eigenvalue weighted by Gasteiger charge is -2.10. The Morgan fingerprint density at radius 3 is 3.00 bits per heavy atom. The Bertz CT molecular complexity index is 360. The molecule has 1 aromatic rings. The van der Waals surface area contributed by atoms with Crippen LogP contribution in [0.5, 0.6) is 0 Å². The number of carbonyl (C=O) groups is 1. The third-order valence-electron chi connectivity index (χ3n) is 2.33. The van der Waals surface area contributed by atoms with Gasteiger partial charge in [-0.2, -0.15) is 0 Å². The van der Waals surface area contributed by atoms with Crippen LogP contribution in [-0.2, 0) is 9.47 Å². The van der Waals surface area contributed by atoms with E-state index in [2.05, 4.69) is 20.0 Å². The molecular formula is C10H13N3O3. The van der Waals surface area contributed by atoms with Crippen LogP contribution in [0.1, 0.15) is 16.9 Å². The second-order valence-electron chi connectivity index (χ2n) is 3.48. The number of nitrogens with zero attached hydrogens (tertiary/aromatic N) is 2. The van der Waals surface area contributed by atoms with E-state index >= 15 is 0 Å². The molecule has 0 bridgehead atoms. The quantitative estimate of drug-likeness (QED) is 0.751. The minimum absolute atomic E-state index is 0.204. The van der Waals surface area contributed by atoms with Gasteiger partial charge in [0.2, 0.25) is 0 Å². The Balaban J connectivity index is 1.98. The fourth-order valence-electron chi connectivity index (χ4n) is 1.47. The Kier molecular flexibility index (Phi) is 3.31. The molecule has 1 fully saturated rings. The predicted molar refractivity (Wildman–Crippen MR) is 56.2 cm³/mol. The van der Waals surface area contributed by atoms with Gasteiger partial charge in [-0.3, -0.25) is 0 Å². The maximum absolute atomic E-state index is 11.1. The van der Waals surface area contributed by atoms with Gasteiger partial charge < -0.3 is 14.8 Å². The summed E-state index contributed by atoms with van der Waals surface area (Å²) in [5, 5.41) is 3.17. The molecule has 6 heteroatoms. The first kappa shape index (κ1) is 10.8. The van der Waals surface area contributed by atoms with Crippen LogP contribution >= 0.6 is 0 Å². The molecule has 1 N–H and O–H groups in total. The van der Waals surface area contributed by atoms with Crippen LogP contribution in [-0.4, -0.2) is 42.3 Å². The predicted octanol–water partition coefficient (Wildman–Crippen LogP) is 0.464. The third kappa shape index (κ3) is 2.46. The maximum atomic E-state index is 11.1. The average Bonchev–Trinajstić information content (AvgIpc) is 2.82. The molecule has 0 aliphatic carbocycles. The van der Waals surface area contributed by atoms with Crippen molar-refractivity contribution in [2.24, 2.45) is 0 Å². The summed E-state index contributed by atoms with van der Waals surface area (Å²) in [5.41, 5.74) is 0.204. The monoisotopic (exact) mass is 223 g/mol. The van der Waals surface area contributed by atoms with Gasteiger partial charge in [0.25, 0.3) is 0 Å². The second kappa shape index (κ2) is 4.89. The summed E-state index contributed by atoms with van der Waals surface area (Å²) in [6, 6.07) is 0.276. The number of rotatable bonds is 3. The third-order valence-corrected chi connectivity index (χ3v) is 2.33. The van der Waals surface area contributed by atoms with E-state index < -0.39 is 5.97 Å². The van der Waals surface area contributed by atoms with Crippen LogP contribution in [0.15, 0.2) is 12.4 Å². The Labute approximate surface area is 93.0 Å². The van der Waals surface area contributed by atoms with Gasteiger partial charge >= 0.3 is 5.97 Å². The summed E-state index contributed by atoms with van der Waals surface area (Å²) < 4.78 is 9.75. The average molecular weight is 223 g/mol. The SMILES string of the molecule is COC(=O)c1cnc(NC2CCOC2)cn1. The summed E-state index contributed by atoms with van der Waals surface area (Å²) in [6.07, 6.45) is 3.87. The fourth-order valence-corrected chi connectivity index (χ4v) is 1.47. The van der Waals surface area contributed by atoms with E-state index in [4.69, 9.17) is 4.74 Å². The van der Waals surface area contributed by atoms with Gasteiger partial charge in [-0.05, 0) is 6.42 Å². The van der Waals surface area contributed by atoms with Gasteiger partial charge in [0.1, 0.15) is 5.82 Å². The topological polar surface area (TPSA) is 73.3 Å². The second-order valence-corrected chi connectivity index (χ2v) is 3.48. The van der Waals surface area contributed by atoms with Crippen LogP contribution in [0, 0.1) is 0 Å². The van der Waals surface area contributed by atoms with Crippen molar-refractivity contribution in [3.05, 3.63) is 18.1 Å². The Morgan fingerprint density at radius 2 is 2.44 bits per heavy atom. The van der Waals surface area contributed by atoms with E-state index in [0.717, 1.165) is 13.0 Å². The molecule has 2 heterocycles. The van der Waals surface area contributed by atoms with Gasteiger partial charge in [0, 0.05) is 6.61 Å². The van der Waals surface area contributed by atoms with Gasteiger partial charge in [0.15, 0.2) is 5.69 Å². The molecule has 86 valence electrons. The van der Waals surface area contributed by atoms with Crippen molar-refractivity contribution in [1.82, 2.24) is 9.97 Å². The number of esters is 1. The molecular weight excluding hydrogens is 210 g/mol. The lowest BCUT2D eigenvalue weighted by atomic mass is 10.3. The van der Waals surface area contributed by atoms with Crippen LogP contribution in [0.3, 0.4) is 0 Å². The van der Waals surface area contributed by atoms with E-state index in [1.165, 1.54) is 19.5 Å². The number of nitrogens with one attached hydrogen (secondary N) is 1. The molecule has 0 radical (unpaired) electrons. The normalized spacial score (nSPS) is 19.4. The largest absolute Gasteiger partial charge is 0.464 e. The molecule has 1 aliphatic rings. The molecule has 0 amide bonds. The first-order chi connectivity index (χ1) is 7.79. The summed E-state index contributed by atoms with van der Waals surface area (Å²) >= 11 is 0. The molecule has 0 aromatic carbocycles. The molecule has 1 aliphatic heterocycles. The van der Waals surface area contributed by atoms with E-state index in [-0.39, 0.29) is 11.7 Å². The zero-order valence-electron chi connectivity index (χ0n) is 8.97. The molecule has 1 unspecified atom stereocenters. The summed E-state index contributed by atoms with van der Waals surface area (Å²) in [7, 11) is 1.31. The van der Waals surface area contributed by atoms with E-state index in [1.54, 1.807) is 0 Å². The van der Waals surface area contributed by atoms with Crippen molar-refractivity contribution in [1.29, 1.82) is 0 Å². The number of methoxy groups -OCH3 is 1. The minimum Gasteiger partial charge on any atom is -0.464 e. The number of hydrogen-bond acceptors (Lipinski definition) is 6. The maximum Gasteiger partial charge on any atom is 0.358 e. The highest BCUT2D eigenvalue weighted by Gasteiger charge is 2.16. The molecule has 16 heavy (non-hydrogen) atoms. The number of anilines is 1. The number of hydrogen-bond donors (Lipinski definition) is 1. The fraction of sp³-hybridized carbons (Fsp3) is 0.500. The van der Waals surface area contributed by atoms with E-state index in [0.29, 0.717) is 12.4 Å². The number of carbonyl (C=O) groups excluding carboxylic acids is 1. The van der Waals surface area contributed by atoms with Crippen molar-refractivity contribution < 1.29 is 14.3 Å². The molecule has 0 spiro atoms.